The SMILES string of the molecule is CC(=O)OC[C@H]1O[C@@H](O[C@H]2[C@@H](OC(=O)c3ccccc3)[C@H](OC(=O)c3ccccc3)C(O[P+](=O)[O-])O[C@@H]2COC(=O)c2ccccc2)[C@H](OC(C)=O)[C@@H](OC(C)=O)[C@H]1OC(C)=O. The van der Waals surface area contributed by atoms with Crippen molar-refractivity contribution in [2.24, 2.45) is 0 Å². The predicted octanol–water partition coefficient (Wildman–Crippen LogP) is 2.52. The molecule has 2 aliphatic heterocycles. The van der Waals surface area contributed by atoms with E-state index in [0.717, 1.165) is 27.7 Å². The summed E-state index contributed by atoms with van der Waals surface area (Å²) >= 11 is 0. The number of benzene rings is 3. The summed E-state index contributed by atoms with van der Waals surface area (Å²) in [5.74, 6) is -6.72. The summed E-state index contributed by atoms with van der Waals surface area (Å²) in [6.07, 6.45) is -18.4. The van der Waals surface area contributed by atoms with Crippen molar-refractivity contribution in [3.63, 3.8) is 0 Å². The first kappa shape index (κ1) is 46.9. The maximum atomic E-state index is 13.9. The van der Waals surface area contributed by atoms with Crippen LogP contribution in [0.5, 0.6) is 0 Å². The fourth-order valence-electron chi connectivity index (χ4n) is 6.41. The molecule has 2 aliphatic rings. The number of carbonyl (C=O) groups excluding carboxylic acids is 7. The molecule has 2 unspecified atom stereocenters. The van der Waals surface area contributed by atoms with E-state index in [0.29, 0.717) is 0 Å². The van der Waals surface area contributed by atoms with Crippen molar-refractivity contribution in [2.75, 3.05) is 13.2 Å². The van der Waals surface area contributed by atoms with Gasteiger partial charge in [0.05, 0.1) is 16.7 Å². The number of esters is 7. The molecule has 2 heterocycles. The first-order valence-corrected chi connectivity index (χ1v) is 19.9. The maximum Gasteiger partial charge on any atom is 0.491 e. The molecule has 3 aromatic carbocycles. The normalized spacial score (nSPS) is 25.8. The molecular weight excluding hydrogens is 843 g/mol. The van der Waals surface area contributed by atoms with Gasteiger partial charge in [-0.2, -0.15) is 0 Å². The zero-order chi connectivity index (χ0) is 44.9. The van der Waals surface area contributed by atoms with Crippen LogP contribution in [0, 0.1) is 0 Å². The van der Waals surface area contributed by atoms with E-state index in [-0.39, 0.29) is 16.7 Å². The summed E-state index contributed by atoms with van der Waals surface area (Å²) in [4.78, 5) is 103. The molecule has 20 nitrogen and oxygen atoms in total. The molecule has 5 rings (SSSR count). The van der Waals surface area contributed by atoms with E-state index in [1.165, 1.54) is 60.7 Å². The Labute approximate surface area is 354 Å². The van der Waals surface area contributed by atoms with Gasteiger partial charge >= 0.3 is 50.0 Å². The van der Waals surface area contributed by atoms with Crippen LogP contribution in [0.2, 0.25) is 0 Å². The summed E-state index contributed by atoms with van der Waals surface area (Å²) in [7, 11) is -3.80. The van der Waals surface area contributed by atoms with Gasteiger partial charge in [-0.1, -0.05) is 54.6 Å². The van der Waals surface area contributed by atoms with Crippen molar-refractivity contribution in [3.8, 4) is 0 Å². The minimum atomic E-state index is -3.80. The van der Waals surface area contributed by atoms with Crippen LogP contribution < -0.4 is 4.89 Å². The molecule has 3 aromatic rings. The fraction of sp³-hybridized carbons (Fsp3) is 0.390. The van der Waals surface area contributed by atoms with Crippen molar-refractivity contribution in [3.05, 3.63) is 108 Å². The molecule has 0 aromatic heterocycles. The topological polar surface area (TPSA) is 261 Å². The van der Waals surface area contributed by atoms with Crippen LogP contribution in [-0.2, 0) is 75.6 Å². The van der Waals surface area contributed by atoms with E-state index >= 15 is 0 Å². The second-order valence-corrected chi connectivity index (χ2v) is 14.1. The Hall–Kier alpha value is -6.15. The van der Waals surface area contributed by atoms with E-state index in [2.05, 4.69) is 0 Å². The molecule has 0 amide bonds. The maximum absolute atomic E-state index is 13.9. The molecule has 0 spiro atoms. The highest BCUT2D eigenvalue weighted by molar-refractivity contribution is 7.30. The smallest absolute Gasteiger partial charge is 0.491 e. The third-order valence-electron chi connectivity index (χ3n) is 8.91. The average molecular weight is 885 g/mol. The zero-order valence-electron chi connectivity index (χ0n) is 33.5. The van der Waals surface area contributed by atoms with Gasteiger partial charge < -0.3 is 52.3 Å². The summed E-state index contributed by atoms with van der Waals surface area (Å²) in [5, 5.41) is 0. The first-order chi connectivity index (χ1) is 29.6. The number of carbonyl (C=O) groups is 7. The predicted molar refractivity (Wildman–Crippen MR) is 202 cm³/mol. The van der Waals surface area contributed by atoms with Crippen LogP contribution in [0.25, 0.3) is 0 Å². The second-order valence-electron chi connectivity index (χ2n) is 13.5. The fourth-order valence-corrected chi connectivity index (χ4v) is 6.75. The van der Waals surface area contributed by atoms with Crippen molar-refractivity contribution < 1.29 is 94.9 Å². The quantitative estimate of drug-likeness (QED) is 0.114. The van der Waals surface area contributed by atoms with Crippen LogP contribution in [-0.4, -0.2) is 116 Å². The van der Waals surface area contributed by atoms with Crippen molar-refractivity contribution in [1.29, 1.82) is 0 Å². The lowest BCUT2D eigenvalue weighted by Crippen LogP contribution is -2.67. The molecule has 21 heteroatoms. The number of rotatable bonds is 16. The number of hydrogen-bond acceptors (Lipinski definition) is 20. The van der Waals surface area contributed by atoms with E-state index in [9.17, 15) is 43.0 Å². The van der Waals surface area contributed by atoms with Gasteiger partial charge in [0.2, 0.25) is 0 Å². The lowest BCUT2D eigenvalue weighted by atomic mass is 9.96. The Morgan fingerprint density at radius 1 is 0.484 bits per heavy atom. The standard InChI is InChI=1S/C41H41O20P/c1-22(42)51-20-29-31(53-23(2)43)33(54-24(3)44)35(55-25(4)45)40(56-29)60-32-30(21-52-37(46)26-14-8-5-9-15-26)57-41(61-62(49)50)36(59-39(48)28-18-12-7-13-19-28)34(32)58-38(47)27-16-10-6-11-17-27/h5-19,29-36,40-41H,20-21H2,1-4H3/t29-,30-,31+,32-,33+,34-,35-,36+,40+,41?/m1/s1. The number of ether oxygens (including phenoxy) is 10. The van der Waals surface area contributed by atoms with Crippen LogP contribution in [0.4, 0.5) is 0 Å². The first-order valence-electron chi connectivity index (χ1n) is 18.8. The molecule has 2 saturated heterocycles. The Kier molecular flexibility index (Phi) is 16.7. The van der Waals surface area contributed by atoms with Crippen LogP contribution >= 0.6 is 8.25 Å². The van der Waals surface area contributed by atoms with Crippen LogP contribution in [0.3, 0.4) is 0 Å². The highest BCUT2D eigenvalue weighted by Gasteiger charge is 2.59. The molecule has 0 N–H and O–H groups in total. The molecule has 0 radical (unpaired) electrons. The molecule has 0 aliphatic carbocycles. The van der Waals surface area contributed by atoms with Gasteiger partial charge in [-0.05, 0) is 41.0 Å². The number of hydrogen-bond donors (Lipinski definition) is 0. The van der Waals surface area contributed by atoms with Gasteiger partial charge in [0.15, 0.2) is 36.8 Å². The lowest BCUT2D eigenvalue weighted by Gasteiger charge is -2.48. The molecule has 11 atom stereocenters. The van der Waals surface area contributed by atoms with Gasteiger partial charge in [0.25, 0.3) is 6.29 Å². The Morgan fingerprint density at radius 3 is 1.35 bits per heavy atom. The molecular formula is C41H41O20P. The van der Waals surface area contributed by atoms with E-state index in [1.54, 1.807) is 30.3 Å². The monoisotopic (exact) mass is 884 g/mol. The second kappa shape index (κ2) is 22.1. The highest BCUT2D eigenvalue weighted by Crippen LogP contribution is 2.37. The zero-order valence-corrected chi connectivity index (χ0v) is 34.4. The van der Waals surface area contributed by atoms with Crippen LogP contribution in [0.1, 0.15) is 58.8 Å². The Bertz CT molecular complexity index is 2070. The summed E-state index contributed by atoms with van der Waals surface area (Å²) in [5.41, 5.74) is -0.00279. The van der Waals surface area contributed by atoms with Gasteiger partial charge in [0, 0.05) is 27.7 Å². The molecule has 0 saturated carbocycles. The summed E-state index contributed by atoms with van der Waals surface area (Å²) in [6.45, 7) is 2.61. The third kappa shape index (κ3) is 12.9. The minimum absolute atomic E-state index is 0.0399. The largest absolute Gasteiger partial charge is 0.566 e. The summed E-state index contributed by atoms with van der Waals surface area (Å²) < 4.78 is 74.9. The van der Waals surface area contributed by atoms with Gasteiger partial charge in [-0.25, -0.2) is 14.4 Å². The van der Waals surface area contributed by atoms with Crippen molar-refractivity contribution >= 4 is 50.0 Å². The van der Waals surface area contributed by atoms with Crippen molar-refractivity contribution in [1.82, 2.24) is 0 Å². The van der Waals surface area contributed by atoms with Crippen LogP contribution in [0.15, 0.2) is 91.0 Å². The molecule has 330 valence electrons. The van der Waals surface area contributed by atoms with Gasteiger partial charge in [-0.3, -0.25) is 19.2 Å². The van der Waals surface area contributed by atoms with Gasteiger partial charge in [0.1, 0.15) is 31.5 Å². The minimum Gasteiger partial charge on any atom is -0.566 e. The van der Waals surface area contributed by atoms with E-state index < -0.39 is 125 Å². The Morgan fingerprint density at radius 2 is 0.871 bits per heavy atom. The molecule has 62 heavy (non-hydrogen) atoms. The van der Waals surface area contributed by atoms with Crippen molar-refractivity contribution in [2.45, 2.75) is 89.1 Å². The lowest BCUT2D eigenvalue weighted by molar-refractivity contribution is -0.354. The average Bonchev–Trinajstić information content (AvgIpc) is 3.23. The van der Waals surface area contributed by atoms with E-state index in [4.69, 9.17) is 51.9 Å². The third-order valence-corrected chi connectivity index (χ3v) is 9.29. The Balaban J connectivity index is 1.67. The summed E-state index contributed by atoms with van der Waals surface area (Å²) in [6, 6.07) is 22.4. The highest BCUT2D eigenvalue weighted by atomic mass is 31.1. The molecule has 0 bridgehead atoms. The molecule has 2 fully saturated rings. The van der Waals surface area contributed by atoms with E-state index in [1.807, 2.05) is 0 Å². The van der Waals surface area contributed by atoms with Gasteiger partial charge in [-0.15, -0.1) is 4.52 Å².